The molecule has 0 fully saturated rings. The van der Waals surface area contributed by atoms with Crippen molar-refractivity contribution >= 4 is 23.4 Å². The lowest BCUT2D eigenvalue weighted by molar-refractivity contribution is 0.416. The van der Waals surface area contributed by atoms with Crippen LogP contribution in [0.1, 0.15) is 5.69 Å². The van der Waals surface area contributed by atoms with Gasteiger partial charge >= 0.3 is 0 Å². The van der Waals surface area contributed by atoms with Crippen molar-refractivity contribution in [3.05, 3.63) is 59.8 Å². The van der Waals surface area contributed by atoms with E-state index in [0.29, 0.717) is 33.3 Å². The van der Waals surface area contributed by atoms with E-state index in [1.54, 1.807) is 25.3 Å². The zero-order valence-electron chi connectivity index (χ0n) is 13.9. The molecule has 0 amide bonds. The summed E-state index contributed by atoms with van der Waals surface area (Å²) in [4.78, 5) is 4.24. The lowest BCUT2D eigenvalue weighted by Crippen LogP contribution is -2.02. The highest BCUT2D eigenvalue weighted by molar-refractivity contribution is 7.99. The molecule has 8 heteroatoms. The summed E-state index contributed by atoms with van der Waals surface area (Å²) in [6, 6.07) is 13.0. The highest BCUT2D eigenvalue weighted by Gasteiger charge is 2.18. The number of hydrogen-bond donors (Lipinski definition) is 0. The average Bonchev–Trinajstić information content (AvgIpc) is 3.05. The van der Waals surface area contributed by atoms with Gasteiger partial charge in [0, 0.05) is 6.54 Å². The van der Waals surface area contributed by atoms with E-state index in [1.807, 2.05) is 34.9 Å². The van der Waals surface area contributed by atoms with Crippen LogP contribution in [0.4, 0.5) is 0 Å². The zero-order valence-corrected chi connectivity index (χ0v) is 15.5. The largest absolute Gasteiger partial charge is 0.496 e. The Balaban J connectivity index is 2.03. The summed E-state index contributed by atoms with van der Waals surface area (Å²) in [6.07, 6.45) is 1.77. The van der Waals surface area contributed by atoms with E-state index in [-0.39, 0.29) is 5.69 Å². The van der Waals surface area contributed by atoms with Crippen molar-refractivity contribution in [3.63, 3.8) is 0 Å². The molecule has 0 bridgehead atoms. The van der Waals surface area contributed by atoms with Crippen LogP contribution >= 0.6 is 23.4 Å². The molecular weight excluding hydrogens is 370 g/mol. The molecule has 2 heterocycles. The number of rotatable bonds is 6. The van der Waals surface area contributed by atoms with Gasteiger partial charge in [0.05, 0.1) is 17.7 Å². The number of halogens is 1. The van der Waals surface area contributed by atoms with Gasteiger partial charge in [-0.25, -0.2) is 4.98 Å². The molecule has 3 rings (SSSR count). The van der Waals surface area contributed by atoms with Gasteiger partial charge in [0.15, 0.2) is 16.7 Å². The SMILES string of the molecule is C=CCn1c(Sc2ccc(Cl)c(C#N)n2)nnc1-c1ccccc1OC. The number of methoxy groups -OCH3 is 1. The van der Waals surface area contributed by atoms with Gasteiger partial charge in [0.1, 0.15) is 16.8 Å². The van der Waals surface area contributed by atoms with Gasteiger partial charge < -0.3 is 4.74 Å². The van der Waals surface area contributed by atoms with Crippen LogP contribution in [0, 0.1) is 11.3 Å². The first-order chi connectivity index (χ1) is 12.7. The Labute approximate surface area is 160 Å². The van der Waals surface area contributed by atoms with Gasteiger partial charge in [0.2, 0.25) is 0 Å². The fourth-order valence-electron chi connectivity index (χ4n) is 2.34. The van der Waals surface area contributed by atoms with Crippen LogP contribution in [0.2, 0.25) is 5.02 Å². The molecule has 3 aromatic rings. The number of allylic oxidation sites excluding steroid dienone is 1. The minimum atomic E-state index is 0.177. The number of benzene rings is 1. The van der Waals surface area contributed by atoms with Gasteiger partial charge in [-0.05, 0) is 36.0 Å². The smallest absolute Gasteiger partial charge is 0.198 e. The molecule has 26 heavy (non-hydrogen) atoms. The summed E-state index contributed by atoms with van der Waals surface area (Å²) in [5.74, 6) is 1.37. The van der Waals surface area contributed by atoms with Crippen LogP contribution in [0.3, 0.4) is 0 Å². The molecule has 0 saturated heterocycles. The molecule has 0 atom stereocenters. The van der Waals surface area contributed by atoms with E-state index < -0.39 is 0 Å². The fraction of sp³-hybridized carbons (Fsp3) is 0.111. The topological polar surface area (TPSA) is 76.6 Å². The first kappa shape index (κ1) is 18.0. The second kappa shape index (κ2) is 8.04. The Morgan fingerprint density at radius 1 is 1.31 bits per heavy atom. The van der Waals surface area contributed by atoms with Crippen molar-refractivity contribution in [1.82, 2.24) is 19.7 Å². The third-order valence-electron chi connectivity index (χ3n) is 3.50. The molecule has 0 aliphatic heterocycles. The van der Waals surface area contributed by atoms with E-state index >= 15 is 0 Å². The molecule has 0 radical (unpaired) electrons. The van der Waals surface area contributed by atoms with Crippen molar-refractivity contribution in [1.29, 1.82) is 5.26 Å². The van der Waals surface area contributed by atoms with Crippen LogP contribution in [0.5, 0.6) is 5.75 Å². The van der Waals surface area contributed by atoms with Gasteiger partial charge in [-0.2, -0.15) is 5.26 Å². The second-order valence-corrected chi connectivity index (χ2v) is 6.49. The number of ether oxygens (including phenoxy) is 1. The van der Waals surface area contributed by atoms with Gasteiger partial charge in [0.25, 0.3) is 0 Å². The number of hydrogen-bond acceptors (Lipinski definition) is 6. The van der Waals surface area contributed by atoms with Gasteiger partial charge in [-0.1, -0.05) is 29.8 Å². The van der Waals surface area contributed by atoms with Crippen molar-refractivity contribution < 1.29 is 4.74 Å². The fourth-order valence-corrected chi connectivity index (χ4v) is 3.30. The maximum atomic E-state index is 9.09. The quantitative estimate of drug-likeness (QED) is 0.593. The molecule has 0 aliphatic rings. The Hall–Kier alpha value is -2.82. The van der Waals surface area contributed by atoms with Crippen LogP contribution < -0.4 is 4.74 Å². The minimum Gasteiger partial charge on any atom is -0.496 e. The van der Waals surface area contributed by atoms with Crippen LogP contribution in [-0.4, -0.2) is 26.9 Å². The monoisotopic (exact) mass is 383 g/mol. The summed E-state index contributed by atoms with van der Waals surface area (Å²) in [6.45, 7) is 4.32. The lowest BCUT2D eigenvalue weighted by Gasteiger charge is -2.10. The van der Waals surface area contributed by atoms with Crippen molar-refractivity contribution in [3.8, 4) is 23.2 Å². The number of pyridine rings is 1. The summed E-state index contributed by atoms with van der Waals surface area (Å²) < 4.78 is 7.34. The van der Waals surface area contributed by atoms with E-state index in [1.165, 1.54) is 11.8 Å². The Bertz CT molecular complexity index is 995. The zero-order chi connectivity index (χ0) is 18.5. The molecule has 0 saturated carbocycles. The third-order valence-corrected chi connectivity index (χ3v) is 4.72. The molecule has 6 nitrogen and oxygen atoms in total. The average molecular weight is 384 g/mol. The number of nitrogens with zero attached hydrogens (tertiary/aromatic N) is 5. The molecule has 0 unspecified atom stereocenters. The summed E-state index contributed by atoms with van der Waals surface area (Å²) in [7, 11) is 1.61. The molecular formula is C18H14ClN5OS. The van der Waals surface area contributed by atoms with Gasteiger partial charge in [-0.15, -0.1) is 16.8 Å². The highest BCUT2D eigenvalue weighted by atomic mass is 35.5. The lowest BCUT2D eigenvalue weighted by atomic mass is 10.2. The Morgan fingerprint density at radius 3 is 2.85 bits per heavy atom. The number of nitriles is 1. The van der Waals surface area contributed by atoms with Crippen LogP contribution in [0.25, 0.3) is 11.4 Å². The van der Waals surface area contributed by atoms with Crippen molar-refractivity contribution in [2.45, 2.75) is 16.7 Å². The summed E-state index contributed by atoms with van der Waals surface area (Å²) in [5.41, 5.74) is 1.01. The van der Waals surface area contributed by atoms with E-state index in [9.17, 15) is 0 Å². The first-order valence-electron chi connectivity index (χ1n) is 7.60. The minimum absolute atomic E-state index is 0.177. The van der Waals surface area contributed by atoms with Crippen molar-refractivity contribution in [2.24, 2.45) is 0 Å². The summed E-state index contributed by atoms with van der Waals surface area (Å²) >= 11 is 7.24. The van der Waals surface area contributed by atoms with Crippen LogP contribution in [0.15, 0.2) is 59.2 Å². The second-order valence-electron chi connectivity index (χ2n) is 5.10. The van der Waals surface area contributed by atoms with Gasteiger partial charge in [-0.3, -0.25) is 4.57 Å². The first-order valence-corrected chi connectivity index (χ1v) is 8.79. The molecule has 130 valence electrons. The normalized spacial score (nSPS) is 10.3. The standard InChI is InChI=1S/C18H14ClN5OS/c1-3-10-24-17(12-6-4-5-7-15(12)25-2)22-23-18(24)26-16-9-8-13(19)14(11-20)21-16/h3-9H,1,10H2,2H3. The van der Waals surface area contributed by atoms with E-state index in [0.717, 1.165) is 5.56 Å². The molecule has 2 aromatic heterocycles. The summed E-state index contributed by atoms with van der Waals surface area (Å²) in [5, 5.41) is 19.2. The maximum Gasteiger partial charge on any atom is 0.198 e. The molecule has 0 spiro atoms. The number of aromatic nitrogens is 4. The maximum absolute atomic E-state index is 9.09. The van der Waals surface area contributed by atoms with E-state index in [2.05, 4.69) is 21.8 Å². The Morgan fingerprint density at radius 2 is 2.12 bits per heavy atom. The van der Waals surface area contributed by atoms with E-state index in [4.69, 9.17) is 21.6 Å². The predicted molar refractivity (Wildman–Crippen MR) is 100 cm³/mol. The predicted octanol–water partition coefficient (Wildman–Crippen LogP) is 4.21. The third kappa shape index (κ3) is 3.57. The van der Waals surface area contributed by atoms with Crippen molar-refractivity contribution in [2.75, 3.05) is 7.11 Å². The van der Waals surface area contributed by atoms with Crippen LogP contribution in [-0.2, 0) is 6.54 Å². The molecule has 0 aliphatic carbocycles. The molecule has 0 N–H and O–H groups in total. The number of para-hydroxylation sites is 1. The Kier molecular flexibility index (Phi) is 5.56. The molecule has 1 aromatic carbocycles. The highest BCUT2D eigenvalue weighted by Crippen LogP contribution is 2.33.